The second-order valence-electron chi connectivity index (χ2n) is 11.1. The number of anilines is 1. The standard InChI is InChI=1S/C33H28F2N4O2/c34-23-14-24-25(17-36-31(24)26(35)15-23)32-37-27(20-8-6-19(7-9-20)18-4-2-1-3-5-18)16-28(39-32)38-30-22-12-10-21(11-13-22)29(30)33(40)41/h1-9,14-17,21-22,29-30,36H,10-13H2,(H,40,41)(H,37,38,39)/t21?,22?,29-,30+/m1/s1. The smallest absolute Gasteiger partial charge is 0.308 e. The zero-order valence-electron chi connectivity index (χ0n) is 22.1. The van der Waals surface area contributed by atoms with Gasteiger partial charge >= 0.3 is 5.97 Å². The van der Waals surface area contributed by atoms with E-state index in [9.17, 15) is 18.7 Å². The van der Waals surface area contributed by atoms with Crippen molar-refractivity contribution in [1.29, 1.82) is 0 Å². The molecule has 8 heteroatoms. The van der Waals surface area contributed by atoms with Crippen LogP contribution in [-0.4, -0.2) is 32.1 Å². The Morgan fingerprint density at radius 3 is 2.27 bits per heavy atom. The number of nitrogens with zero attached hydrogens (tertiary/aromatic N) is 2. The Balaban J connectivity index is 1.33. The third kappa shape index (κ3) is 4.63. The first-order valence-electron chi connectivity index (χ1n) is 14.0. The van der Waals surface area contributed by atoms with Gasteiger partial charge in [-0.1, -0.05) is 54.6 Å². The summed E-state index contributed by atoms with van der Waals surface area (Å²) in [5.74, 6) is -1.50. The monoisotopic (exact) mass is 550 g/mol. The summed E-state index contributed by atoms with van der Waals surface area (Å²) in [5, 5.41) is 13.9. The number of hydrogen-bond acceptors (Lipinski definition) is 4. The Kier molecular flexibility index (Phi) is 6.26. The van der Waals surface area contributed by atoms with Gasteiger partial charge < -0.3 is 15.4 Å². The highest BCUT2D eigenvalue weighted by atomic mass is 19.1. The van der Waals surface area contributed by atoms with Crippen molar-refractivity contribution in [1.82, 2.24) is 15.0 Å². The fourth-order valence-corrected chi connectivity index (χ4v) is 6.78. The quantitative estimate of drug-likeness (QED) is 0.203. The molecule has 3 fully saturated rings. The number of aliphatic carboxylic acids is 1. The molecule has 41 heavy (non-hydrogen) atoms. The summed E-state index contributed by atoms with van der Waals surface area (Å²) in [6.45, 7) is 0. The fourth-order valence-electron chi connectivity index (χ4n) is 6.78. The van der Waals surface area contributed by atoms with Crippen molar-refractivity contribution in [3.63, 3.8) is 0 Å². The zero-order chi connectivity index (χ0) is 28.1. The van der Waals surface area contributed by atoms with Crippen molar-refractivity contribution < 1.29 is 18.7 Å². The molecule has 6 nitrogen and oxygen atoms in total. The molecular weight excluding hydrogens is 522 g/mol. The summed E-state index contributed by atoms with van der Waals surface area (Å²) >= 11 is 0. The van der Waals surface area contributed by atoms with Gasteiger partial charge in [0.15, 0.2) is 5.82 Å². The maximum absolute atomic E-state index is 14.5. The molecule has 2 aromatic heterocycles. The number of nitrogens with one attached hydrogen (secondary N) is 2. The average Bonchev–Trinajstić information content (AvgIpc) is 3.42. The van der Waals surface area contributed by atoms with Crippen LogP contribution in [0.3, 0.4) is 0 Å². The summed E-state index contributed by atoms with van der Waals surface area (Å²) in [4.78, 5) is 24.8. The third-order valence-electron chi connectivity index (χ3n) is 8.78. The Labute approximate surface area is 235 Å². The molecule has 2 heterocycles. The molecule has 2 atom stereocenters. The SMILES string of the molecule is O=C(O)[C@@H]1C2CCC(CC2)[C@@H]1Nc1cc(-c2ccc(-c3ccccc3)cc2)nc(-c2c[nH]c3c(F)cc(F)cc23)n1. The van der Waals surface area contributed by atoms with Crippen molar-refractivity contribution in [2.45, 2.75) is 31.7 Å². The van der Waals surface area contributed by atoms with E-state index in [1.807, 2.05) is 60.7 Å². The van der Waals surface area contributed by atoms with E-state index in [0.717, 1.165) is 48.4 Å². The Bertz CT molecular complexity index is 1750. The molecule has 0 radical (unpaired) electrons. The van der Waals surface area contributed by atoms with Crippen molar-refractivity contribution in [2.24, 2.45) is 17.8 Å². The van der Waals surface area contributed by atoms with Gasteiger partial charge in [0.25, 0.3) is 0 Å². The minimum atomic E-state index is -0.787. The second kappa shape index (κ2) is 10.1. The normalized spacial score (nSPS) is 21.7. The molecule has 0 spiro atoms. The van der Waals surface area contributed by atoms with Crippen LogP contribution >= 0.6 is 0 Å². The Morgan fingerprint density at radius 2 is 1.54 bits per heavy atom. The van der Waals surface area contributed by atoms with Gasteiger partial charge in [-0.25, -0.2) is 18.7 Å². The molecular formula is C33H28F2N4O2. The van der Waals surface area contributed by atoms with Crippen LogP contribution in [0.5, 0.6) is 0 Å². The molecule has 0 saturated heterocycles. The largest absolute Gasteiger partial charge is 0.481 e. The van der Waals surface area contributed by atoms with E-state index >= 15 is 0 Å². The van der Waals surface area contributed by atoms with Crippen molar-refractivity contribution in [3.8, 4) is 33.8 Å². The molecule has 3 aliphatic rings. The van der Waals surface area contributed by atoms with E-state index in [0.29, 0.717) is 28.3 Å². The van der Waals surface area contributed by atoms with Gasteiger partial charge in [0.05, 0.1) is 17.1 Å². The molecule has 206 valence electrons. The molecule has 3 aromatic carbocycles. The maximum Gasteiger partial charge on any atom is 0.308 e. The van der Waals surface area contributed by atoms with Gasteiger partial charge in [0.1, 0.15) is 17.5 Å². The maximum atomic E-state index is 14.5. The number of halogens is 2. The number of rotatable bonds is 6. The predicted octanol–water partition coefficient (Wildman–Crippen LogP) is 7.54. The highest BCUT2D eigenvalue weighted by Gasteiger charge is 2.47. The van der Waals surface area contributed by atoms with Gasteiger partial charge in [-0.15, -0.1) is 0 Å². The van der Waals surface area contributed by atoms with Crippen LogP contribution in [0, 0.1) is 29.4 Å². The van der Waals surface area contributed by atoms with Crippen LogP contribution in [0.2, 0.25) is 0 Å². The molecule has 3 saturated carbocycles. The van der Waals surface area contributed by atoms with E-state index in [-0.39, 0.29) is 23.4 Å². The van der Waals surface area contributed by atoms with Gasteiger partial charge in [-0.3, -0.25) is 4.79 Å². The highest BCUT2D eigenvalue weighted by molar-refractivity contribution is 5.94. The second-order valence-corrected chi connectivity index (χ2v) is 11.1. The van der Waals surface area contributed by atoms with Crippen LogP contribution in [-0.2, 0) is 4.79 Å². The molecule has 8 rings (SSSR count). The average molecular weight is 551 g/mol. The highest BCUT2D eigenvalue weighted by Crippen LogP contribution is 2.46. The van der Waals surface area contributed by atoms with E-state index < -0.39 is 23.5 Å². The van der Waals surface area contributed by atoms with Crippen LogP contribution in [0.25, 0.3) is 44.7 Å². The van der Waals surface area contributed by atoms with Gasteiger partial charge in [-0.05, 0) is 54.7 Å². The first-order chi connectivity index (χ1) is 19.9. The van der Waals surface area contributed by atoms with Crippen LogP contribution in [0.4, 0.5) is 14.6 Å². The lowest BCUT2D eigenvalue weighted by Gasteiger charge is -2.47. The number of carbonyl (C=O) groups is 1. The van der Waals surface area contributed by atoms with Crippen LogP contribution in [0.15, 0.2) is 79.0 Å². The molecule has 3 aliphatic carbocycles. The molecule has 0 aliphatic heterocycles. The van der Waals surface area contributed by atoms with E-state index in [1.54, 1.807) is 6.20 Å². The number of benzene rings is 3. The van der Waals surface area contributed by atoms with E-state index in [1.165, 1.54) is 6.07 Å². The number of aromatic nitrogens is 3. The van der Waals surface area contributed by atoms with Crippen molar-refractivity contribution in [2.75, 3.05) is 5.32 Å². The van der Waals surface area contributed by atoms with E-state index in [4.69, 9.17) is 9.97 Å². The van der Waals surface area contributed by atoms with Crippen molar-refractivity contribution in [3.05, 3.63) is 90.6 Å². The van der Waals surface area contributed by atoms with E-state index in [2.05, 4.69) is 10.3 Å². The first kappa shape index (κ1) is 25.4. The summed E-state index contributed by atoms with van der Waals surface area (Å²) in [7, 11) is 0. The predicted molar refractivity (Wildman–Crippen MR) is 154 cm³/mol. The zero-order valence-corrected chi connectivity index (χ0v) is 22.1. The minimum Gasteiger partial charge on any atom is -0.481 e. The van der Waals surface area contributed by atoms with Gasteiger partial charge in [-0.2, -0.15) is 0 Å². The summed E-state index contributed by atoms with van der Waals surface area (Å²) in [5.41, 5.74) is 4.26. The number of H-pyrrole nitrogens is 1. The number of carboxylic acid groups (broad SMARTS) is 1. The van der Waals surface area contributed by atoms with Crippen LogP contribution in [0.1, 0.15) is 25.7 Å². The van der Waals surface area contributed by atoms with Crippen molar-refractivity contribution >= 4 is 22.7 Å². The summed E-state index contributed by atoms with van der Waals surface area (Å²) < 4.78 is 28.7. The molecule has 0 amide bonds. The minimum absolute atomic E-state index is 0.140. The summed E-state index contributed by atoms with van der Waals surface area (Å²) in [6, 6.07) is 21.8. The lowest BCUT2D eigenvalue weighted by Crippen LogP contribution is -2.51. The van der Waals surface area contributed by atoms with Gasteiger partial charge in [0, 0.05) is 40.9 Å². The number of fused-ring (bicyclic) bond motifs is 4. The lowest BCUT2D eigenvalue weighted by molar-refractivity contribution is -0.148. The summed E-state index contributed by atoms with van der Waals surface area (Å²) in [6.07, 6.45) is 5.41. The van der Waals surface area contributed by atoms with Crippen LogP contribution < -0.4 is 5.32 Å². The number of hydrogen-bond donors (Lipinski definition) is 3. The molecule has 2 bridgehead atoms. The Hall–Kier alpha value is -4.59. The molecule has 0 unspecified atom stereocenters. The third-order valence-corrected chi connectivity index (χ3v) is 8.78. The first-order valence-corrected chi connectivity index (χ1v) is 14.0. The molecule has 3 N–H and O–H groups in total. The van der Waals surface area contributed by atoms with Gasteiger partial charge in [0.2, 0.25) is 0 Å². The topological polar surface area (TPSA) is 90.9 Å². The molecule has 5 aromatic rings. The number of carboxylic acids is 1. The lowest BCUT2D eigenvalue weighted by atomic mass is 9.61. The number of aromatic amines is 1. The fraction of sp³-hybridized carbons (Fsp3) is 0.242. The Morgan fingerprint density at radius 1 is 0.854 bits per heavy atom.